The smallest absolute Gasteiger partial charge is 0.255 e. The fourth-order valence-electron chi connectivity index (χ4n) is 2.30. The summed E-state index contributed by atoms with van der Waals surface area (Å²) in [4.78, 5) is 12.4. The van der Waals surface area contributed by atoms with Crippen molar-refractivity contribution in [1.29, 1.82) is 0 Å². The summed E-state index contributed by atoms with van der Waals surface area (Å²) in [7, 11) is -3.71. The van der Waals surface area contributed by atoms with Crippen molar-refractivity contribution >= 4 is 21.6 Å². The second-order valence-electron chi connectivity index (χ2n) is 5.58. The van der Waals surface area contributed by atoms with Gasteiger partial charge < -0.3 is 14.3 Å². The Balaban J connectivity index is 1.70. The molecule has 2 N–H and O–H groups in total. The monoisotopic (exact) mass is 375 g/mol. The van der Waals surface area contributed by atoms with E-state index in [0.717, 1.165) is 0 Å². The lowest BCUT2D eigenvalue weighted by molar-refractivity contribution is 0.102. The maximum absolute atomic E-state index is 12.3. The van der Waals surface area contributed by atoms with Gasteiger partial charge in [-0.2, -0.15) is 0 Å². The van der Waals surface area contributed by atoms with Gasteiger partial charge in [0.05, 0.1) is 17.7 Å². The van der Waals surface area contributed by atoms with Gasteiger partial charge in [0.15, 0.2) is 5.76 Å². The van der Waals surface area contributed by atoms with Crippen molar-refractivity contribution in [3.63, 3.8) is 0 Å². The van der Waals surface area contributed by atoms with Crippen LogP contribution in [-0.4, -0.2) is 19.5 Å². The third-order valence-corrected chi connectivity index (χ3v) is 5.13. The van der Waals surface area contributed by atoms with E-state index in [4.69, 9.17) is 8.94 Å². The molecule has 0 aliphatic rings. The highest BCUT2D eigenvalue weighted by molar-refractivity contribution is 7.89. The first-order valence-electron chi connectivity index (χ1n) is 7.73. The van der Waals surface area contributed by atoms with E-state index in [1.54, 1.807) is 26.0 Å². The average molecular weight is 375 g/mol. The van der Waals surface area contributed by atoms with Gasteiger partial charge in [-0.3, -0.25) is 4.79 Å². The molecular weight excluding hydrogens is 358 g/mol. The molecule has 2 heterocycles. The fraction of sp³-hybridized carbons (Fsp3) is 0.176. The number of nitrogens with zero attached hydrogens (tertiary/aromatic N) is 1. The van der Waals surface area contributed by atoms with Crippen LogP contribution in [0.25, 0.3) is 0 Å². The fourth-order valence-corrected chi connectivity index (χ4v) is 3.29. The first-order valence-corrected chi connectivity index (χ1v) is 9.21. The van der Waals surface area contributed by atoms with Crippen molar-refractivity contribution in [1.82, 2.24) is 9.88 Å². The molecule has 26 heavy (non-hydrogen) atoms. The molecule has 0 fully saturated rings. The molecule has 0 radical (unpaired) electrons. The summed E-state index contributed by atoms with van der Waals surface area (Å²) in [6, 6.07) is 8.96. The van der Waals surface area contributed by atoms with E-state index >= 15 is 0 Å². The molecule has 0 bridgehead atoms. The van der Waals surface area contributed by atoms with E-state index in [0.29, 0.717) is 28.5 Å². The zero-order chi connectivity index (χ0) is 18.7. The molecule has 0 spiro atoms. The summed E-state index contributed by atoms with van der Waals surface area (Å²) in [5.41, 5.74) is 1.39. The minimum Gasteiger partial charge on any atom is -0.468 e. The van der Waals surface area contributed by atoms with Crippen LogP contribution >= 0.6 is 0 Å². The van der Waals surface area contributed by atoms with Gasteiger partial charge in [0.1, 0.15) is 17.1 Å². The highest BCUT2D eigenvalue weighted by Gasteiger charge is 2.17. The van der Waals surface area contributed by atoms with Gasteiger partial charge in [-0.15, -0.1) is 0 Å². The van der Waals surface area contributed by atoms with Gasteiger partial charge in [-0.25, -0.2) is 13.1 Å². The van der Waals surface area contributed by atoms with Crippen molar-refractivity contribution in [2.24, 2.45) is 0 Å². The van der Waals surface area contributed by atoms with Crippen LogP contribution < -0.4 is 10.0 Å². The third-order valence-electron chi connectivity index (χ3n) is 3.72. The molecule has 3 aromatic rings. The van der Waals surface area contributed by atoms with Crippen LogP contribution in [0, 0.1) is 13.8 Å². The Labute approximate surface area is 150 Å². The summed E-state index contributed by atoms with van der Waals surface area (Å²) in [5, 5.41) is 6.47. The Bertz CT molecular complexity index is 986. The van der Waals surface area contributed by atoms with Crippen LogP contribution in [0.1, 0.15) is 27.6 Å². The molecule has 1 amide bonds. The van der Waals surface area contributed by atoms with E-state index in [9.17, 15) is 13.2 Å². The van der Waals surface area contributed by atoms with E-state index in [2.05, 4.69) is 15.2 Å². The second-order valence-corrected chi connectivity index (χ2v) is 7.35. The molecular formula is C17H17N3O5S. The predicted octanol–water partition coefficient (Wildman–Crippen LogP) is 2.62. The van der Waals surface area contributed by atoms with Crippen LogP contribution in [0.3, 0.4) is 0 Å². The number of sulfonamides is 1. The highest BCUT2D eigenvalue weighted by atomic mass is 32.2. The number of amides is 1. The van der Waals surface area contributed by atoms with E-state index < -0.39 is 10.0 Å². The van der Waals surface area contributed by atoms with Gasteiger partial charge in [0.25, 0.3) is 5.91 Å². The van der Waals surface area contributed by atoms with Crippen LogP contribution in [-0.2, 0) is 16.6 Å². The number of hydrogen-bond donors (Lipinski definition) is 2. The maximum atomic E-state index is 12.3. The summed E-state index contributed by atoms with van der Waals surface area (Å²) in [6.07, 6.45) is 1.47. The van der Waals surface area contributed by atoms with E-state index in [1.165, 1.54) is 30.5 Å². The first kappa shape index (κ1) is 17.9. The van der Waals surface area contributed by atoms with Gasteiger partial charge in [-0.1, -0.05) is 5.16 Å². The molecule has 0 saturated heterocycles. The van der Waals surface area contributed by atoms with Gasteiger partial charge in [-0.05, 0) is 50.2 Å². The summed E-state index contributed by atoms with van der Waals surface area (Å²) in [5.74, 6) is 0.619. The highest BCUT2D eigenvalue weighted by Crippen LogP contribution is 2.20. The Hall–Kier alpha value is -2.91. The second kappa shape index (κ2) is 7.14. The summed E-state index contributed by atoms with van der Waals surface area (Å²) < 4.78 is 37.1. The number of aryl methyl sites for hydroxylation is 2. The van der Waals surface area contributed by atoms with Crippen molar-refractivity contribution in [3.05, 3.63) is 65.4 Å². The molecule has 0 aliphatic carbocycles. The summed E-state index contributed by atoms with van der Waals surface area (Å²) >= 11 is 0. The molecule has 0 aliphatic heterocycles. The number of benzene rings is 1. The first-order chi connectivity index (χ1) is 12.4. The van der Waals surface area contributed by atoms with Crippen molar-refractivity contribution in [3.8, 4) is 0 Å². The molecule has 0 atom stereocenters. The van der Waals surface area contributed by atoms with Gasteiger partial charge >= 0.3 is 0 Å². The molecule has 0 saturated carbocycles. The van der Waals surface area contributed by atoms with Gasteiger partial charge in [0.2, 0.25) is 10.0 Å². The number of nitrogens with one attached hydrogen (secondary N) is 2. The minimum atomic E-state index is -3.71. The van der Waals surface area contributed by atoms with Crippen LogP contribution in [0.15, 0.2) is 56.5 Å². The Morgan fingerprint density at radius 3 is 2.46 bits per heavy atom. The largest absolute Gasteiger partial charge is 0.468 e. The van der Waals surface area contributed by atoms with E-state index in [-0.39, 0.29) is 17.3 Å². The number of furan rings is 1. The predicted molar refractivity (Wildman–Crippen MR) is 93.1 cm³/mol. The molecule has 136 valence electrons. The lowest BCUT2D eigenvalue weighted by Crippen LogP contribution is -2.23. The zero-order valence-corrected chi connectivity index (χ0v) is 15.0. The van der Waals surface area contributed by atoms with Crippen LogP contribution in [0.4, 0.5) is 5.69 Å². The lowest BCUT2D eigenvalue weighted by Gasteiger charge is -2.07. The normalized spacial score (nSPS) is 11.5. The number of carbonyl (C=O) groups is 1. The molecule has 9 heteroatoms. The van der Waals surface area contributed by atoms with Crippen molar-refractivity contribution in [2.45, 2.75) is 25.3 Å². The molecule has 2 aromatic heterocycles. The molecule has 0 unspecified atom stereocenters. The Morgan fingerprint density at radius 2 is 1.88 bits per heavy atom. The van der Waals surface area contributed by atoms with Crippen LogP contribution in [0.2, 0.25) is 0 Å². The van der Waals surface area contributed by atoms with Gasteiger partial charge in [0, 0.05) is 5.56 Å². The number of aromatic nitrogens is 1. The maximum Gasteiger partial charge on any atom is 0.255 e. The number of carbonyl (C=O) groups excluding carboxylic acids is 1. The molecule has 1 aromatic carbocycles. The topological polar surface area (TPSA) is 114 Å². The number of rotatable bonds is 6. The Morgan fingerprint density at radius 1 is 1.15 bits per heavy atom. The summed E-state index contributed by atoms with van der Waals surface area (Å²) in [6.45, 7) is 3.45. The minimum absolute atomic E-state index is 0.0453. The molecule has 3 rings (SSSR count). The number of hydrogen-bond acceptors (Lipinski definition) is 6. The lowest BCUT2D eigenvalue weighted by atomic mass is 10.2. The average Bonchev–Trinajstić information content (AvgIpc) is 3.25. The van der Waals surface area contributed by atoms with Crippen LogP contribution in [0.5, 0.6) is 0 Å². The number of anilines is 1. The van der Waals surface area contributed by atoms with E-state index in [1.807, 2.05) is 0 Å². The van der Waals surface area contributed by atoms with Crippen molar-refractivity contribution in [2.75, 3.05) is 5.32 Å². The Kier molecular flexibility index (Phi) is 4.92. The quantitative estimate of drug-likeness (QED) is 0.684. The molecule has 8 nitrogen and oxygen atoms in total. The van der Waals surface area contributed by atoms with Crippen molar-refractivity contribution < 1.29 is 22.2 Å². The third kappa shape index (κ3) is 3.84. The SMILES string of the molecule is Cc1noc(C)c1NC(=O)c1ccc(S(=O)(=O)NCc2ccco2)cc1. The zero-order valence-electron chi connectivity index (χ0n) is 14.1. The standard InChI is InChI=1S/C17H17N3O5S/c1-11-16(12(2)25-20-11)19-17(21)13-5-7-15(8-6-13)26(22,23)18-10-14-4-3-9-24-14/h3-9,18H,10H2,1-2H3,(H,19,21).